The molecule has 2 aromatic rings. The summed E-state index contributed by atoms with van der Waals surface area (Å²) in [5.74, 6) is -1.43. The maximum atomic E-state index is 13.8. The van der Waals surface area contributed by atoms with Crippen LogP contribution in [0.25, 0.3) is 0 Å². The van der Waals surface area contributed by atoms with Crippen molar-refractivity contribution in [2.75, 3.05) is 0 Å². The van der Waals surface area contributed by atoms with E-state index >= 15 is 0 Å². The molecular formula is C14H8Br2F2O. The molecule has 0 radical (unpaired) electrons. The van der Waals surface area contributed by atoms with Crippen molar-refractivity contribution in [2.24, 2.45) is 0 Å². The minimum Gasteiger partial charge on any atom is -0.294 e. The summed E-state index contributed by atoms with van der Waals surface area (Å²) in [7, 11) is 0. The van der Waals surface area contributed by atoms with E-state index in [9.17, 15) is 13.6 Å². The van der Waals surface area contributed by atoms with Crippen LogP contribution in [0, 0.1) is 11.6 Å². The van der Waals surface area contributed by atoms with E-state index in [2.05, 4.69) is 31.9 Å². The summed E-state index contributed by atoms with van der Waals surface area (Å²) < 4.78 is 27.8. The molecule has 0 bridgehead atoms. The first-order valence-corrected chi connectivity index (χ1v) is 6.99. The quantitative estimate of drug-likeness (QED) is 0.681. The highest BCUT2D eigenvalue weighted by Crippen LogP contribution is 2.23. The van der Waals surface area contributed by atoms with Crippen LogP contribution in [0.2, 0.25) is 0 Å². The summed E-state index contributed by atoms with van der Waals surface area (Å²) in [5.41, 5.74) is 0.481. The first-order chi connectivity index (χ1) is 8.99. The molecule has 0 atom stereocenters. The van der Waals surface area contributed by atoms with Crippen LogP contribution >= 0.6 is 31.9 Å². The number of carbonyl (C=O) groups excluding carboxylic acids is 1. The lowest BCUT2D eigenvalue weighted by Crippen LogP contribution is -2.07. The SMILES string of the molecule is O=C(Cc1cc(F)ccc1Br)c1cccc(Br)c1F. The van der Waals surface area contributed by atoms with Crippen LogP contribution in [0.15, 0.2) is 45.3 Å². The van der Waals surface area contributed by atoms with Crippen LogP contribution in [0.4, 0.5) is 8.78 Å². The van der Waals surface area contributed by atoms with Gasteiger partial charge in [-0.15, -0.1) is 0 Å². The molecule has 2 aromatic carbocycles. The Morgan fingerprint density at radius 2 is 1.79 bits per heavy atom. The number of Topliss-reactive ketones (excluding diaryl/α,β-unsaturated/α-hetero) is 1. The third-order valence-electron chi connectivity index (χ3n) is 2.61. The van der Waals surface area contributed by atoms with E-state index in [1.165, 1.54) is 30.3 Å². The number of rotatable bonds is 3. The second kappa shape index (κ2) is 5.92. The highest BCUT2D eigenvalue weighted by atomic mass is 79.9. The molecule has 1 nitrogen and oxygen atoms in total. The molecule has 0 fully saturated rings. The van der Waals surface area contributed by atoms with Gasteiger partial charge in [0, 0.05) is 10.9 Å². The first-order valence-electron chi connectivity index (χ1n) is 5.40. The number of hydrogen-bond donors (Lipinski definition) is 0. The summed E-state index contributed by atoms with van der Waals surface area (Å²) >= 11 is 6.27. The fourth-order valence-corrected chi connectivity index (χ4v) is 2.42. The van der Waals surface area contributed by atoms with Crippen LogP contribution in [-0.2, 0) is 6.42 Å². The van der Waals surface area contributed by atoms with Gasteiger partial charge in [0.05, 0.1) is 10.0 Å². The molecule has 19 heavy (non-hydrogen) atoms. The Bertz CT molecular complexity index is 641. The Balaban J connectivity index is 2.31. The highest BCUT2D eigenvalue weighted by molar-refractivity contribution is 9.10. The van der Waals surface area contributed by atoms with Crippen LogP contribution < -0.4 is 0 Å². The maximum absolute atomic E-state index is 13.8. The monoisotopic (exact) mass is 388 g/mol. The normalized spacial score (nSPS) is 10.5. The lowest BCUT2D eigenvalue weighted by molar-refractivity contribution is 0.0989. The zero-order valence-electron chi connectivity index (χ0n) is 9.59. The predicted molar refractivity (Wildman–Crippen MR) is 76.2 cm³/mol. The molecule has 0 heterocycles. The van der Waals surface area contributed by atoms with Crippen LogP contribution in [-0.4, -0.2) is 5.78 Å². The third kappa shape index (κ3) is 3.28. The summed E-state index contributed by atoms with van der Waals surface area (Å²) in [4.78, 5) is 12.0. The fourth-order valence-electron chi connectivity index (χ4n) is 1.67. The number of hydrogen-bond acceptors (Lipinski definition) is 1. The van der Waals surface area contributed by atoms with E-state index in [-0.39, 0.29) is 16.5 Å². The molecule has 0 aliphatic heterocycles. The van der Waals surface area contributed by atoms with Crippen molar-refractivity contribution >= 4 is 37.6 Å². The van der Waals surface area contributed by atoms with Gasteiger partial charge in [-0.3, -0.25) is 4.79 Å². The van der Waals surface area contributed by atoms with Gasteiger partial charge in [-0.05, 0) is 51.8 Å². The van der Waals surface area contributed by atoms with Crippen molar-refractivity contribution < 1.29 is 13.6 Å². The zero-order valence-corrected chi connectivity index (χ0v) is 12.8. The number of halogens is 4. The maximum Gasteiger partial charge on any atom is 0.170 e. The van der Waals surface area contributed by atoms with Gasteiger partial charge in [0.1, 0.15) is 11.6 Å². The molecule has 0 saturated carbocycles. The molecule has 0 aliphatic rings. The highest BCUT2D eigenvalue weighted by Gasteiger charge is 2.15. The van der Waals surface area contributed by atoms with Crippen LogP contribution in [0.1, 0.15) is 15.9 Å². The lowest BCUT2D eigenvalue weighted by atomic mass is 10.0. The molecule has 0 aromatic heterocycles. The standard InChI is InChI=1S/C14H8Br2F2O/c15-11-5-4-9(17)6-8(11)7-13(19)10-2-1-3-12(16)14(10)18/h1-6H,7H2. The molecule has 0 saturated heterocycles. The Kier molecular flexibility index (Phi) is 4.47. The van der Waals surface area contributed by atoms with Crippen molar-refractivity contribution in [3.63, 3.8) is 0 Å². The van der Waals surface area contributed by atoms with Crippen molar-refractivity contribution in [3.05, 3.63) is 68.1 Å². The average Bonchev–Trinajstić information content (AvgIpc) is 2.37. The Morgan fingerprint density at radius 3 is 2.53 bits per heavy atom. The van der Waals surface area contributed by atoms with E-state index in [1.54, 1.807) is 6.07 Å². The molecule has 0 spiro atoms. The van der Waals surface area contributed by atoms with Crippen molar-refractivity contribution in [3.8, 4) is 0 Å². The fraction of sp³-hybridized carbons (Fsp3) is 0.0714. The van der Waals surface area contributed by atoms with Crippen molar-refractivity contribution in [1.29, 1.82) is 0 Å². The Morgan fingerprint density at radius 1 is 1.05 bits per heavy atom. The van der Waals surface area contributed by atoms with E-state index in [1.807, 2.05) is 0 Å². The molecule has 0 N–H and O–H groups in total. The number of benzene rings is 2. The topological polar surface area (TPSA) is 17.1 Å². The van der Waals surface area contributed by atoms with Gasteiger partial charge in [-0.25, -0.2) is 8.78 Å². The van der Waals surface area contributed by atoms with Crippen LogP contribution in [0.5, 0.6) is 0 Å². The molecule has 0 aliphatic carbocycles. The molecule has 98 valence electrons. The average molecular weight is 390 g/mol. The summed E-state index contributed by atoms with van der Waals surface area (Å²) in [5, 5.41) is 0. The minimum absolute atomic E-state index is 0.00876. The van der Waals surface area contributed by atoms with E-state index in [4.69, 9.17) is 0 Å². The first kappa shape index (κ1) is 14.3. The number of ketones is 1. The van der Waals surface area contributed by atoms with Crippen molar-refractivity contribution in [1.82, 2.24) is 0 Å². The molecule has 2 rings (SSSR count). The van der Waals surface area contributed by atoms with Crippen molar-refractivity contribution in [2.45, 2.75) is 6.42 Å². The molecule has 5 heteroatoms. The van der Waals surface area contributed by atoms with Gasteiger partial charge < -0.3 is 0 Å². The van der Waals surface area contributed by atoms with E-state index < -0.39 is 17.4 Å². The van der Waals surface area contributed by atoms with E-state index in [0.717, 1.165) is 0 Å². The summed E-state index contributed by atoms with van der Waals surface area (Å²) in [6, 6.07) is 8.59. The van der Waals surface area contributed by atoms with Crippen LogP contribution in [0.3, 0.4) is 0 Å². The molecular weight excluding hydrogens is 382 g/mol. The van der Waals surface area contributed by atoms with Gasteiger partial charge in [0.25, 0.3) is 0 Å². The smallest absolute Gasteiger partial charge is 0.170 e. The van der Waals surface area contributed by atoms with Gasteiger partial charge in [0.15, 0.2) is 5.78 Å². The molecule has 0 unspecified atom stereocenters. The lowest BCUT2D eigenvalue weighted by Gasteiger charge is -2.06. The Hall–Kier alpha value is -1.07. The zero-order chi connectivity index (χ0) is 14.0. The summed E-state index contributed by atoms with van der Waals surface area (Å²) in [6.07, 6.45) is -0.0638. The predicted octanol–water partition coefficient (Wildman–Crippen LogP) is 4.92. The van der Waals surface area contributed by atoms with Gasteiger partial charge in [-0.1, -0.05) is 22.0 Å². The largest absolute Gasteiger partial charge is 0.294 e. The second-order valence-corrected chi connectivity index (χ2v) is 5.65. The minimum atomic E-state index is -0.597. The second-order valence-electron chi connectivity index (χ2n) is 3.94. The Labute approximate surface area is 125 Å². The molecule has 0 amide bonds. The van der Waals surface area contributed by atoms with Gasteiger partial charge in [-0.2, -0.15) is 0 Å². The number of carbonyl (C=O) groups is 1. The third-order valence-corrected chi connectivity index (χ3v) is 4.00. The van der Waals surface area contributed by atoms with E-state index in [0.29, 0.717) is 10.0 Å². The van der Waals surface area contributed by atoms with Gasteiger partial charge >= 0.3 is 0 Å². The van der Waals surface area contributed by atoms with Gasteiger partial charge in [0.2, 0.25) is 0 Å². The summed E-state index contributed by atoms with van der Waals surface area (Å²) in [6.45, 7) is 0.